The molecule has 2 bridgehead atoms. The van der Waals surface area contributed by atoms with Gasteiger partial charge in [-0.05, 0) is 47.0 Å². The number of nitrogens with one attached hydrogen (secondary N) is 1. The molecule has 76 valence electrons. The van der Waals surface area contributed by atoms with E-state index >= 15 is 0 Å². The summed E-state index contributed by atoms with van der Waals surface area (Å²) in [6.07, 6.45) is 5.62. The smallest absolute Gasteiger partial charge is 0.206 e. The molecule has 0 saturated heterocycles. The number of hydrogen-bond donors (Lipinski definition) is 1. The van der Waals surface area contributed by atoms with Crippen molar-refractivity contribution in [3.8, 4) is 0 Å². The van der Waals surface area contributed by atoms with Gasteiger partial charge in [-0.1, -0.05) is 17.8 Å². The van der Waals surface area contributed by atoms with Crippen molar-refractivity contribution in [1.82, 2.24) is 10.2 Å². The first-order chi connectivity index (χ1) is 6.81. The number of rotatable bonds is 2. The average molecular weight is 274 g/mol. The summed E-state index contributed by atoms with van der Waals surface area (Å²) in [6.45, 7) is 0. The second-order valence-corrected chi connectivity index (χ2v) is 6.54. The molecule has 0 spiro atoms. The predicted octanol–water partition coefficient (Wildman–Crippen LogP) is 2.90. The minimum atomic E-state index is 0.661. The molecule has 0 aromatic carbocycles. The molecule has 14 heavy (non-hydrogen) atoms. The van der Waals surface area contributed by atoms with Crippen LogP contribution in [0, 0.1) is 11.8 Å². The zero-order valence-corrected chi connectivity index (χ0v) is 10.1. The fourth-order valence-corrected chi connectivity index (χ4v) is 3.92. The van der Waals surface area contributed by atoms with Crippen molar-refractivity contribution in [3.63, 3.8) is 0 Å². The molecule has 2 aliphatic carbocycles. The van der Waals surface area contributed by atoms with E-state index in [2.05, 4.69) is 31.4 Å². The maximum atomic E-state index is 4.07. The Morgan fingerprint density at radius 1 is 1.29 bits per heavy atom. The fourth-order valence-electron chi connectivity index (χ4n) is 2.84. The van der Waals surface area contributed by atoms with Gasteiger partial charge >= 0.3 is 0 Å². The zero-order valence-electron chi connectivity index (χ0n) is 7.74. The second kappa shape index (κ2) is 3.45. The molecule has 2 aliphatic rings. The molecule has 2 fully saturated rings. The highest BCUT2D eigenvalue weighted by Gasteiger charge is 2.39. The molecular weight excluding hydrogens is 262 g/mol. The lowest BCUT2D eigenvalue weighted by atomic mass is 9.96. The van der Waals surface area contributed by atoms with E-state index in [0.29, 0.717) is 6.04 Å². The first kappa shape index (κ1) is 9.09. The molecule has 3 unspecified atom stereocenters. The number of halogens is 1. The normalized spacial score (nSPS) is 35.1. The molecule has 3 atom stereocenters. The molecule has 5 heteroatoms. The summed E-state index contributed by atoms with van der Waals surface area (Å²) in [6, 6.07) is 0.661. The number of anilines is 1. The van der Waals surface area contributed by atoms with Crippen LogP contribution < -0.4 is 5.32 Å². The predicted molar refractivity (Wildman–Crippen MR) is 60.5 cm³/mol. The minimum Gasteiger partial charge on any atom is -0.357 e. The third kappa shape index (κ3) is 1.56. The van der Waals surface area contributed by atoms with Gasteiger partial charge in [0.25, 0.3) is 0 Å². The van der Waals surface area contributed by atoms with Gasteiger partial charge in [0.15, 0.2) is 3.92 Å². The summed E-state index contributed by atoms with van der Waals surface area (Å²) in [4.78, 5) is 0. The Bertz CT molecular complexity index is 341. The Morgan fingerprint density at radius 2 is 2.21 bits per heavy atom. The van der Waals surface area contributed by atoms with Gasteiger partial charge in [0.1, 0.15) is 0 Å². The quantitative estimate of drug-likeness (QED) is 0.901. The van der Waals surface area contributed by atoms with E-state index in [1.165, 1.54) is 25.7 Å². The van der Waals surface area contributed by atoms with E-state index in [1.807, 2.05) is 0 Å². The molecule has 3 rings (SSSR count). The summed E-state index contributed by atoms with van der Waals surface area (Å²) in [5, 5.41) is 12.5. The summed E-state index contributed by atoms with van der Waals surface area (Å²) >= 11 is 4.91. The van der Waals surface area contributed by atoms with E-state index in [4.69, 9.17) is 0 Å². The Hall–Kier alpha value is -0.160. The largest absolute Gasteiger partial charge is 0.357 e. The first-order valence-electron chi connectivity index (χ1n) is 5.07. The lowest BCUT2D eigenvalue weighted by Gasteiger charge is -2.21. The number of hydrogen-bond acceptors (Lipinski definition) is 4. The van der Waals surface area contributed by atoms with E-state index in [9.17, 15) is 0 Å². The van der Waals surface area contributed by atoms with Crippen LogP contribution in [0.1, 0.15) is 25.7 Å². The Labute approximate surface area is 95.4 Å². The van der Waals surface area contributed by atoms with Crippen molar-refractivity contribution < 1.29 is 0 Å². The summed E-state index contributed by atoms with van der Waals surface area (Å²) < 4.78 is 0.864. The van der Waals surface area contributed by atoms with Gasteiger partial charge in [-0.2, -0.15) is 0 Å². The molecular formula is C9H12BrN3S. The van der Waals surface area contributed by atoms with Crippen LogP contribution in [0.5, 0.6) is 0 Å². The topological polar surface area (TPSA) is 37.8 Å². The van der Waals surface area contributed by atoms with Crippen LogP contribution in [0.3, 0.4) is 0 Å². The highest BCUT2D eigenvalue weighted by atomic mass is 79.9. The fraction of sp³-hybridized carbons (Fsp3) is 0.778. The van der Waals surface area contributed by atoms with Crippen LogP contribution >= 0.6 is 27.3 Å². The van der Waals surface area contributed by atoms with Crippen molar-refractivity contribution in [1.29, 1.82) is 0 Å². The van der Waals surface area contributed by atoms with E-state index in [0.717, 1.165) is 20.9 Å². The van der Waals surface area contributed by atoms with Crippen molar-refractivity contribution in [3.05, 3.63) is 3.92 Å². The van der Waals surface area contributed by atoms with Crippen LogP contribution in [0.2, 0.25) is 0 Å². The van der Waals surface area contributed by atoms with E-state index < -0.39 is 0 Å². The maximum absolute atomic E-state index is 4.07. The standard InChI is InChI=1S/C9H12BrN3S/c10-8-12-13-9(14-8)11-7-4-5-1-2-6(7)3-5/h5-7H,1-4H2,(H,11,13). The monoisotopic (exact) mass is 273 g/mol. The van der Waals surface area contributed by atoms with Crippen molar-refractivity contribution in [2.45, 2.75) is 31.7 Å². The van der Waals surface area contributed by atoms with Gasteiger partial charge in [0, 0.05) is 6.04 Å². The average Bonchev–Trinajstić information content (AvgIpc) is 2.82. The van der Waals surface area contributed by atoms with Gasteiger partial charge in [-0.3, -0.25) is 0 Å². The maximum Gasteiger partial charge on any atom is 0.206 e. The van der Waals surface area contributed by atoms with Gasteiger partial charge < -0.3 is 5.32 Å². The molecule has 1 heterocycles. The molecule has 1 N–H and O–H groups in total. The second-order valence-electron chi connectivity index (χ2n) is 4.29. The minimum absolute atomic E-state index is 0.661. The third-order valence-electron chi connectivity index (χ3n) is 3.45. The lowest BCUT2D eigenvalue weighted by molar-refractivity contribution is 0.439. The van der Waals surface area contributed by atoms with Gasteiger partial charge in [-0.25, -0.2) is 0 Å². The van der Waals surface area contributed by atoms with Crippen LogP contribution in [-0.2, 0) is 0 Å². The van der Waals surface area contributed by atoms with Crippen LogP contribution in [-0.4, -0.2) is 16.2 Å². The number of nitrogens with zero attached hydrogens (tertiary/aromatic N) is 2. The van der Waals surface area contributed by atoms with Gasteiger partial charge in [0.2, 0.25) is 5.13 Å². The first-order valence-corrected chi connectivity index (χ1v) is 6.68. The highest BCUT2D eigenvalue weighted by Crippen LogP contribution is 2.45. The highest BCUT2D eigenvalue weighted by molar-refractivity contribution is 9.11. The Balaban J connectivity index is 1.68. The van der Waals surface area contributed by atoms with Crippen LogP contribution in [0.25, 0.3) is 0 Å². The van der Waals surface area contributed by atoms with Gasteiger partial charge in [-0.15, -0.1) is 10.2 Å². The molecule has 0 aliphatic heterocycles. The summed E-state index contributed by atoms with van der Waals surface area (Å²) in [5.41, 5.74) is 0. The number of fused-ring (bicyclic) bond motifs is 2. The van der Waals surface area contributed by atoms with E-state index in [-0.39, 0.29) is 0 Å². The Kier molecular flexibility index (Phi) is 2.24. The van der Waals surface area contributed by atoms with Crippen molar-refractivity contribution >= 4 is 32.4 Å². The third-order valence-corrected chi connectivity index (χ3v) is 4.73. The number of aromatic nitrogens is 2. The van der Waals surface area contributed by atoms with Crippen molar-refractivity contribution in [2.24, 2.45) is 11.8 Å². The van der Waals surface area contributed by atoms with Crippen LogP contribution in [0.4, 0.5) is 5.13 Å². The Morgan fingerprint density at radius 3 is 2.79 bits per heavy atom. The zero-order chi connectivity index (χ0) is 9.54. The summed E-state index contributed by atoms with van der Waals surface area (Å²) in [5.74, 6) is 1.87. The lowest BCUT2D eigenvalue weighted by Crippen LogP contribution is -2.25. The summed E-state index contributed by atoms with van der Waals surface area (Å²) in [7, 11) is 0. The van der Waals surface area contributed by atoms with Gasteiger partial charge in [0.05, 0.1) is 0 Å². The molecule has 3 nitrogen and oxygen atoms in total. The molecule has 0 radical (unpaired) electrons. The molecule has 2 saturated carbocycles. The van der Waals surface area contributed by atoms with Crippen molar-refractivity contribution in [2.75, 3.05) is 5.32 Å². The van der Waals surface area contributed by atoms with E-state index in [1.54, 1.807) is 11.3 Å². The van der Waals surface area contributed by atoms with Crippen LogP contribution in [0.15, 0.2) is 3.92 Å². The SMILES string of the molecule is Brc1nnc(NC2CC3CCC2C3)s1. The molecule has 0 amide bonds. The molecule has 1 aromatic heterocycles. The molecule has 1 aromatic rings.